The van der Waals surface area contributed by atoms with Crippen molar-refractivity contribution in [2.75, 3.05) is 41.5 Å². The highest BCUT2D eigenvalue weighted by molar-refractivity contribution is 6.24. The second-order valence-corrected chi connectivity index (χ2v) is 11.6. The fourth-order valence-corrected chi connectivity index (χ4v) is 7.43. The van der Waals surface area contributed by atoms with Crippen molar-refractivity contribution in [2.45, 2.75) is 49.9 Å². The van der Waals surface area contributed by atoms with Crippen molar-refractivity contribution in [2.24, 2.45) is 17.6 Å². The lowest BCUT2D eigenvalue weighted by molar-refractivity contribution is -0.153. The second kappa shape index (κ2) is 10.4. The first-order chi connectivity index (χ1) is 19.4. The van der Waals surface area contributed by atoms with Gasteiger partial charge in [0.15, 0.2) is 11.4 Å². The average Bonchev–Trinajstić information content (AvgIpc) is 3.32. The zero-order valence-corrected chi connectivity index (χ0v) is 23.6. The molecule has 1 saturated carbocycles. The quantitative estimate of drug-likeness (QED) is 0.289. The van der Waals surface area contributed by atoms with Gasteiger partial charge in [-0.25, -0.2) is 0 Å². The number of aliphatic hydroxyl groups excluding tert-OH is 2. The molecule has 0 unspecified atom stereocenters. The highest BCUT2D eigenvalue weighted by Crippen LogP contribution is 2.54. The largest absolute Gasteiger partial charge is 0.508 e. The molecule has 1 saturated heterocycles. The third-order valence-electron chi connectivity index (χ3n) is 9.18. The molecule has 1 aromatic carbocycles. The highest BCUT2D eigenvalue weighted by Gasteiger charge is 2.64. The maximum absolute atomic E-state index is 14.0. The van der Waals surface area contributed by atoms with E-state index in [4.69, 9.17) is 15.2 Å². The summed E-state index contributed by atoms with van der Waals surface area (Å²) in [5.74, 6) is -6.34. The molecule has 1 aliphatic heterocycles. The van der Waals surface area contributed by atoms with Crippen molar-refractivity contribution < 1.29 is 44.3 Å². The van der Waals surface area contributed by atoms with Crippen molar-refractivity contribution in [3.8, 4) is 11.5 Å². The van der Waals surface area contributed by atoms with Crippen LogP contribution in [0.25, 0.3) is 5.76 Å². The number of benzene rings is 1. The summed E-state index contributed by atoms with van der Waals surface area (Å²) in [5.41, 5.74) is 2.91. The molecule has 3 aliphatic carbocycles. The molecule has 0 bridgehead atoms. The van der Waals surface area contributed by atoms with E-state index in [0.29, 0.717) is 30.0 Å². The molecule has 12 heteroatoms. The molecule has 1 amide bonds. The van der Waals surface area contributed by atoms with Crippen molar-refractivity contribution in [1.82, 2.24) is 9.80 Å². The number of methoxy groups -OCH3 is 2. The Morgan fingerprint density at radius 1 is 1.22 bits per heavy atom. The minimum absolute atomic E-state index is 0.0109. The summed E-state index contributed by atoms with van der Waals surface area (Å²) in [6.45, 7) is 1.91. The Morgan fingerprint density at radius 3 is 2.54 bits per heavy atom. The Hall–Kier alpha value is -3.45. The van der Waals surface area contributed by atoms with E-state index in [9.17, 15) is 34.8 Å². The summed E-state index contributed by atoms with van der Waals surface area (Å²) in [7, 11) is 6.29. The Morgan fingerprint density at radius 2 is 1.93 bits per heavy atom. The molecule has 0 radical (unpaired) electrons. The molecule has 222 valence electrons. The number of fused-ring (bicyclic) bond motifs is 3. The molecule has 1 aromatic rings. The molecule has 5 rings (SSSR count). The zero-order chi connectivity index (χ0) is 30.0. The Balaban J connectivity index is 1.64. The van der Waals surface area contributed by atoms with E-state index < -0.39 is 58.0 Å². The molecule has 5 atom stereocenters. The van der Waals surface area contributed by atoms with Crippen LogP contribution in [-0.4, -0.2) is 107 Å². The third-order valence-corrected chi connectivity index (χ3v) is 9.18. The number of rotatable bonds is 7. The lowest BCUT2D eigenvalue weighted by atomic mass is 9.57. The van der Waals surface area contributed by atoms with Gasteiger partial charge in [-0.2, -0.15) is 0 Å². The van der Waals surface area contributed by atoms with Gasteiger partial charge in [0.1, 0.15) is 28.6 Å². The van der Waals surface area contributed by atoms with Crippen LogP contribution in [-0.2, 0) is 32.1 Å². The Labute approximate surface area is 237 Å². The monoisotopic (exact) mass is 571 g/mol. The summed E-state index contributed by atoms with van der Waals surface area (Å²) in [5, 5.41) is 45.3. The average molecular weight is 572 g/mol. The number of nitrogens with zero attached hydrogens (tertiary/aromatic N) is 2. The van der Waals surface area contributed by atoms with E-state index in [1.54, 1.807) is 21.2 Å². The molecule has 1 heterocycles. The fraction of sp³-hybridized carbons (Fsp3) is 0.552. The summed E-state index contributed by atoms with van der Waals surface area (Å²) in [4.78, 5) is 43.1. The highest BCUT2D eigenvalue weighted by atomic mass is 16.5. The van der Waals surface area contributed by atoms with E-state index in [0.717, 1.165) is 19.4 Å². The van der Waals surface area contributed by atoms with Crippen LogP contribution < -0.4 is 10.5 Å². The first kappa shape index (κ1) is 29.1. The predicted octanol–water partition coefficient (Wildman–Crippen LogP) is 0.583. The number of ether oxygens (including phenoxy) is 2. The number of Topliss-reactive ketones (excluding diaryl/α,β-unsaturated/α-hetero) is 2. The van der Waals surface area contributed by atoms with E-state index in [1.165, 1.54) is 18.1 Å². The van der Waals surface area contributed by atoms with E-state index in [2.05, 4.69) is 4.90 Å². The normalized spacial score (nSPS) is 30.0. The molecule has 12 nitrogen and oxygen atoms in total. The summed E-state index contributed by atoms with van der Waals surface area (Å²) < 4.78 is 11.2. The number of nitrogens with two attached hydrogens (primary N) is 1. The maximum atomic E-state index is 14.0. The van der Waals surface area contributed by atoms with Gasteiger partial charge in [0.2, 0.25) is 5.78 Å². The number of carbonyl (C=O) groups excluding carboxylic acids is 3. The van der Waals surface area contributed by atoms with Gasteiger partial charge in [0.25, 0.3) is 5.91 Å². The molecule has 0 aromatic heterocycles. The number of carbonyl (C=O) groups is 3. The standard InChI is InChI=1S/C29H37N3O9/c1-31(2)22-17-9-13-8-16-20(18(33)10-14(25(16)41-4)11-32-7-5-6-15(32)12-40-3)23(34)19(13)26(36)29(17,39)27(37)21(24(22)35)28(30)38/h10,13,15,17,22,33-34,37,39H,5-9,11-12H2,1-4H3,(H2,30,38)/t13-,15+,17-,22-,29-/m0/s1. The number of likely N-dealkylation sites (tertiary alicyclic amines) is 1. The van der Waals surface area contributed by atoms with E-state index >= 15 is 0 Å². The first-order valence-electron chi connectivity index (χ1n) is 13.7. The minimum Gasteiger partial charge on any atom is -0.508 e. The summed E-state index contributed by atoms with van der Waals surface area (Å²) >= 11 is 0. The maximum Gasteiger partial charge on any atom is 0.255 e. The molecular formula is C29H37N3O9. The van der Waals surface area contributed by atoms with E-state index in [1.807, 2.05) is 0 Å². The second-order valence-electron chi connectivity index (χ2n) is 11.6. The number of primary amides is 1. The molecule has 0 spiro atoms. The van der Waals surface area contributed by atoms with Crippen LogP contribution in [0.3, 0.4) is 0 Å². The van der Waals surface area contributed by atoms with Gasteiger partial charge in [0, 0.05) is 42.3 Å². The number of amides is 1. The Kier molecular flexibility index (Phi) is 7.39. The fourth-order valence-electron chi connectivity index (χ4n) is 7.43. The lowest BCUT2D eigenvalue weighted by Gasteiger charge is -2.50. The van der Waals surface area contributed by atoms with Crippen molar-refractivity contribution in [1.29, 1.82) is 0 Å². The van der Waals surface area contributed by atoms with Crippen LogP contribution in [0.4, 0.5) is 0 Å². The van der Waals surface area contributed by atoms with Crippen LogP contribution in [0.2, 0.25) is 0 Å². The van der Waals surface area contributed by atoms with Crippen LogP contribution in [0.5, 0.6) is 11.5 Å². The number of phenolic OH excluding ortho intramolecular Hbond substituents is 1. The zero-order valence-electron chi connectivity index (χ0n) is 23.6. The summed E-state index contributed by atoms with van der Waals surface area (Å²) in [6, 6.07) is 0.585. The summed E-state index contributed by atoms with van der Waals surface area (Å²) in [6.07, 6.45) is 2.18. The number of aliphatic hydroxyl groups is 3. The van der Waals surface area contributed by atoms with Gasteiger partial charge >= 0.3 is 0 Å². The number of aromatic hydroxyl groups is 1. The van der Waals surface area contributed by atoms with Crippen LogP contribution >= 0.6 is 0 Å². The van der Waals surface area contributed by atoms with Gasteiger partial charge < -0.3 is 35.6 Å². The Bertz CT molecular complexity index is 1380. The molecular weight excluding hydrogens is 534 g/mol. The first-order valence-corrected chi connectivity index (χ1v) is 13.7. The molecule has 41 heavy (non-hydrogen) atoms. The number of hydrogen-bond acceptors (Lipinski definition) is 11. The van der Waals surface area contributed by atoms with Gasteiger partial charge in [-0.15, -0.1) is 0 Å². The number of ketones is 2. The third kappa shape index (κ3) is 4.23. The number of hydrogen-bond donors (Lipinski definition) is 5. The lowest BCUT2D eigenvalue weighted by Crippen LogP contribution is -2.65. The topological polar surface area (TPSA) is 183 Å². The predicted molar refractivity (Wildman–Crippen MR) is 146 cm³/mol. The smallest absolute Gasteiger partial charge is 0.255 e. The molecule has 6 N–H and O–H groups in total. The van der Waals surface area contributed by atoms with Gasteiger partial charge in [0.05, 0.1) is 25.3 Å². The van der Waals surface area contributed by atoms with Gasteiger partial charge in [-0.3, -0.25) is 24.2 Å². The van der Waals surface area contributed by atoms with Crippen LogP contribution in [0.1, 0.15) is 36.0 Å². The van der Waals surface area contributed by atoms with Crippen molar-refractivity contribution in [3.63, 3.8) is 0 Å². The SMILES string of the molecule is COC[C@H]1CCCN1Cc1cc(O)c2c(c1OC)C[C@H]1C[C@H]3[C@H](N(C)C)C(=O)C(C(N)=O)=C(O)[C@@]3(O)C(=O)C1=C2O. The van der Waals surface area contributed by atoms with E-state index in [-0.39, 0.29) is 35.8 Å². The van der Waals surface area contributed by atoms with Crippen LogP contribution in [0, 0.1) is 11.8 Å². The van der Waals surface area contributed by atoms with Crippen LogP contribution in [0.15, 0.2) is 23.0 Å². The van der Waals surface area contributed by atoms with Gasteiger partial charge in [-0.05, 0) is 58.3 Å². The van der Waals surface area contributed by atoms with Crippen molar-refractivity contribution in [3.05, 3.63) is 39.7 Å². The minimum atomic E-state index is -2.67. The van der Waals surface area contributed by atoms with Gasteiger partial charge in [-0.1, -0.05) is 0 Å². The number of likely N-dealkylation sites (N-methyl/N-ethyl adjacent to an activating group) is 1. The molecule has 2 fully saturated rings. The van der Waals surface area contributed by atoms with Crippen molar-refractivity contribution >= 4 is 23.2 Å². The molecule has 4 aliphatic rings. The number of phenols is 1.